The van der Waals surface area contributed by atoms with Crippen LogP contribution in [0.1, 0.15) is 43.2 Å². The predicted octanol–water partition coefficient (Wildman–Crippen LogP) is 6.99. The van der Waals surface area contributed by atoms with Crippen LogP contribution in [0.25, 0.3) is 17.2 Å². The highest BCUT2D eigenvalue weighted by Gasteiger charge is 2.15. The minimum absolute atomic E-state index is 0.519. The van der Waals surface area contributed by atoms with E-state index in [1.54, 1.807) is 6.08 Å². The van der Waals surface area contributed by atoms with Crippen molar-refractivity contribution in [2.75, 3.05) is 6.61 Å². The molecule has 170 valence electrons. The van der Waals surface area contributed by atoms with Crippen LogP contribution in [0.5, 0.6) is 11.5 Å². The van der Waals surface area contributed by atoms with Crippen LogP contribution in [0.15, 0.2) is 78.9 Å². The third-order valence-electron chi connectivity index (χ3n) is 6.03. The molecule has 1 aliphatic rings. The Labute approximate surface area is 195 Å². The van der Waals surface area contributed by atoms with Gasteiger partial charge in [0, 0.05) is 11.6 Å². The first-order valence-corrected chi connectivity index (χ1v) is 11.6. The summed E-state index contributed by atoms with van der Waals surface area (Å²) in [5.41, 5.74) is 3.90. The molecule has 3 aromatic rings. The lowest BCUT2D eigenvalue weighted by Gasteiger charge is -2.22. The van der Waals surface area contributed by atoms with E-state index in [2.05, 4.69) is 0 Å². The molecule has 0 aromatic heterocycles. The summed E-state index contributed by atoms with van der Waals surface area (Å²) in [5, 5.41) is 8.98. The lowest BCUT2D eigenvalue weighted by Crippen LogP contribution is -2.15. The largest absolute Gasteiger partial charge is 0.493 e. The SMILES string of the molecule is O=C(O)C=Cc1ccc(OCC2CCCCC2)c(-c2ccc(OCc3ccccc3)cc2)c1. The average molecular weight is 443 g/mol. The van der Waals surface area contributed by atoms with E-state index in [1.165, 1.54) is 32.1 Å². The summed E-state index contributed by atoms with van der Waals surface area (Å²) in [6.45, 7) is 1.24. The van der Waals surface area contributed by atoms with Crippen molar-refractivity contribution in [3.63, 3.8) is 0 Å². The molecule has 4 heteroatoms. The van der Waals surface area contributed by atoms with Crippen molar-refractivity contribution < 1.29 is 19.4 Å². The number of rotatable bonds is 9. The van der Waals surface area contributed by atoms with Crippen molar-refractivity contribution >= 4 is 12.0 Å². The maximum Gasteiger partial charge on any atom is 0.328 e. The second-order valence-electron chi connectivity index (χ2n) is 8.54. The van der Waals surface area contributed by atoms with Gasteiger partial charge in [-0.3, -0.25) is 0 Å². The van der Waals surface area contributed by atoms with Crippen molar-refractivity contribution in [1.82, 2.24) is 0 Å². The number of carboxylic acids is 1. The van der Waals surface area contributed by atoms with Gasteiger partial charge in [0.15, 0.2) is 0 Å². The van der Waals surface area contributed by atoms with E-state index >= 15 is 0 Å². The van der Waals surface area contributed by atoms with Crippen LogP contribution in [0.4, 0.5) is 0 Å². The molecular weight excluding hydrogens is 412 g/mol. The Hall–Kier alpha value is -3.53. The van der Waals surface area contributed by atoms with E-state index < -0.39 is 5.97 Å². The van der Waals surface area contributed by atoms with E-state index in [-0.39, 0.29) is 0 Å². The number of benzene rings is 3. The van der Waals surface area contributed by atoms with E-state index in [0.29, 0.717) is 12.5 Å². The van der Waals surface area contributed by atoms with E-state index in [4.69, 9.17) is 14.6 Å². The van der Waals surface area contributed by atoms with E-state index in [1.807, 2.05) is 72.8 Å². The van der Waals surface area contributed by atoms with Crippen molar-refractivity contribution in [1.29, 1.82) is 0 Å². The number of aliphatic carboxylic acids is 1. The van der Waals surface area contributed by atoms with Gasteiger partial charge in [0.05, 0.1) is 6.61 Å². The van der Waals surface area contributed by atoms with Gasteiger partial charge in [-0.15, -0.1) is 0 Å². The van der Waals surface area contributed by atoms with Gasteiger partial charge in [-0.1, -0.05) is 67.8 Å². The third-order valence-corrected chi connectivity index (χ3v) is 6.03. The fourth-order valence-electron chi connectivity index (χ4n) is 4.20. The third kappa shape index (κ3) is 6.72. The zero-order valence-electron chi connectivity index (χ0n) is 18.8. The zero-order chi connectivity index (χ0) is 22.9. The molecule has 4 nitrogen and oxygen atoms in total. The molecule has 33 heavy (non-hydrogen) atoms. The Balaban J connectivity index is 1.52. The molecule has 0 aliphatic heterocycles. The Kier molecular flexibility index (Phi) is 7.81. The van der Waals surface area contributed by atoms with Crippen LogP contribution in [0, 0.1) is 5.92 Å². The van der Waals surface area contributed by atoms with Crippen molar-refractivity contribution in [2.45, 2.75) is 38.7 Å². The van der Waals surface area contributed by atoms with E-state index in [0.717, 1.165) is 46.4 Å². The first kappa shape index (κ1) is 22.7. The molecule has 0 unspecified atom stereocenters. The lowest BCUT2D eigenvalue weighted by atomic mass is 9.90. The Bertz CT molecular complexity index is 1060. The van der Waals surface area contributed by atoms with Crippen LogP contribution in [0.2, 0.25) is 0 Å². The Morgan fingerprint density at radius 2 is 1.67 bits per heavy atom. The van der Waals surface area contributed by atoms with Gasteiger partial charge in [-0.2, -0.15) is 0 Å². The van der Waals surface area contributed by atoms with Gasteiger partial charge >= 0.3 is 5.97 Å². The minimum atomic E-state index is -0.964. The monoisotopic (exact) mass is 442 g/mol. The molecule has 1 saturated carbocycles. The second-order valence-corrected chi connectivity index (χ2v) is 8.54. The summed E-state index contributed by atoms with van der Waals surface area (Å²) >= 11 is 0. The molecular formula is C29H30O4. The predicted molar refractivity (Wildman–Crippen MR) is 131 cm³/mol. The summed E-state index contributed by atoms with van der Waals surface area (Å²) in [6, 6.07) is 23.9. The van der Waals surface area contributed by atoms with Crippen molar-refractivity contribution in [3.05, 3.63) is 90.0 Å². The summed E-state index contributed by atoms with van der Waals surface area (Å²) < 4.78 is 12.2. The number of carboxylic acid groups (broad SMARTS) is 1. The molecule has 0 heterocycles. The Morgan fingerprint density at radius 3 is 2.39 bits per heavy atom. The minimum Gasteiger partial charge on any atom is -0.493 e. The van der Waals surface area contributed by atoms with Gasteiger partial charge in [0.1, 0.15) is 18.1 Å². The smallest absolute Gasteiger partial charge is 0.328 e. The molecule has 4 rings (SSSR count). The molecule has 1 aliphatic carbocycles. The number of carbonyl (C=O) groups is 1. The summed E-state index contributed by atoms with van der Waals surface area (Å²) in [4.78, 5) is 10.9. The average Bonchev–Trinajstić information content (AvgIpc) is 2.87. The number of hydrogen-bond acceptors (Lipinski definition) is 3. The fraction of sp³-hybridized carbons (Fsp3) is 0.276. The van der Waals surface area contributed by atoms with Crippen LogP contribution < -0.4 is 9.47 Å². The quantitative estimate of drug-likeness (QED) is 0.363. The maximum atomic E-state index is 10.9. The highest BCUT2D eigenvalue weighted by atomic mass is 16.5. The summed E-state index contributed by atoms with van der Waals surface area (Å²) in [6.07, 6.45) is 9.10. The highest BCUT2D eigenvalue weighted by molar-refractivity contribution is 5.86. The zero-order valence-corrected chi connectivity index (χ0v) is 18.8. The fourth-order valence-corrected chi connectivity index (χ4v) is 4.20. The van der Waals surface area contributed by atoms with E-state index in [9.17, 15) is 4.79 Å². The maximum absolute atomic E-state index is 10.9. The standard InChI is InChI=1S/C29H30O4/c30-29(31)18-12-22-11-17-28(33-21-24-9-5-2-6-10-24)27(19-22)25-13-15-26(16-14-25)32-20-23-7-3-1-4-8-23/h1,3-4,7-8,11-19,24H,2,5-6,9-10,20-21H2,(H,30,31). The molecule has 0 atom stereocenters. The van der Waals surface area contributed by atoms with Gasteiger partial charge < -0.3 is 14.6 Å². The molecule has 0 amide bonds. The molecule has 0 radical (unpaired) electrons. The van der Waals surface area contributed by atoms with Crippen LogP contribution >= 0.6 is 0 Å². The van der Waals surface area contributed by atoms with Gasteiger partial charge in [-0.05, 0) is 65.8 Å². The van der Waals surface area contributed by atoms with Crippen LogP contribution in [-0.4, -0.2) is 17.7 Å². The number of ether oxygens (including phenoxy) is 2. The molecule has 0 spiro atoms. The first-order chi connectivity index (χ1) is 16.2. The highest BCUT2D eigenvalue weighted by Crippen LogP contribution is 2.34. The number of hydrogen-bond donors (Lipinski definition) is 1. The topological polar surface area (TPSA) is 55.8 Å². The first-order valence-electron chi connectivity index (χ1n) is 11.6. The molecule has 0 saturated heterocycles. The molecule has 1 N–H and O–H groups in total. The van der Waals surface area contributed by atoms with Gasteiger partial charge in [0.25, 0.3) is 0 Å². The van der Waals surface area contributed by atoms with Crippen molar-refractivity contribution in [3.8, 4) is 22.6 Å². The van der Waals surface area contributed by atoms with Gasteiger partial charge in [-0.25, -0.2) is 4.79 Å². The second kappa shape index (κ2) is 11.4. The summed E-state index contributed by atoms with van der Waals surface area (Å²) in [7, 11) is 0. The lowest BCUT2D eigenvalue weighted by molar-refractivity contribution is -0.131. The molecule has 0 bridgehead atoms. The molecule has 3 aromatic carbocycles. The van der Waals surface area contributed by atoms with Gasteiger partial charge in [0.2, 0.25) is 0 Å². The van der Waals surface area contributed by atoms with Crippen LogP contribution in [-0.2, 0) is 11.4 Å². The normalized spacial score (nSPS) is 14.3. The van der Waals surface area contributed by atoms with Crippen molar-refractivity contribution in [2.24, 2.45) is 5.92 Å². The summed E-state index contributed by atoms with van der Waals surface area (Å²) in [5.74, 6) is 1.27. The Morgan fingerprint density at radius 1 is 0.909 bits per heavy atom. The van der Waals surface area contributed by atoms with Crippen LogP contribution in [0.3, 0.4) is 0 Å². The molecule has 1 fully saturated rings.